The van der Waals surface area contributed by atoms with Gasteiger partial charge in [-0.3, -0.25) is 24.1 Å². The van der Waals surface area contributed by atoms with Crippen LogP contribution in [0, 0.1) is 18.6 Å². The molecular weight excluding hydrogens is 446 g/mol. The van der Waals surface area contributed by atoms with Gasteiger partial charge in [-0.2, -0.15) is 5.10 Å². The molecule has 0 radical (unpaired) electrons. The fraction of sp³-hybridized carbons (Fsp3) is 0.440. The molecule has 8 nitrogen and oxygen atoms in total. The van der Waals surface area contributed by atoms with Crippen molar-refractivity contribution in [2.45, 2.75) is 39.4 Å². The Bertz CT molecular complexity index is 1200. The van der Waals surface area contributed by atoms with E-state index in [9.17, 15) is 4.79 Å². The van der Waals surface area contributed by atoms with Crippen LogP contribution in [0.3, 0.4) is 0 Å². The molecule has 2 fully saturated rings. The molecule has 1 saturated heterocycles. The summed E-state index contributed by atoms with van der Waals surface area (Å²) in [6.45, 7) is 8.54. The Morgan fingerprint density at radius 3 is 2.41 bits per heavy atom. The first kappa shape index (κ1) is 22.9. The lowest BCUT2D eigenvalue weighted by atomic mass is 10.1. The summed E-state index contributed by atoms with van der Waals surface area (Å²) in [5.41, 5.74) is 4.10. The molecule has 34 heavy (non-hydrogen) atoms. The molecule has 9 heteroatoms. The number of nitrogens with one attached hydrogen (secondary N) is 1. The predicted molar refractivity (Wildman–Crippen MR) is 135 cm³/mol. The van der Waals surface area contributed by atoms with Crippen LogP contribution in [0.4, 0.5) is 5.69 Å². The molecule has 0 bridgehead atoms. The molecule has 1 aromatic carbocycles. The normalized spacial score (nSPS) is 17.1. The van der Waals surface area contributed by atoms with Crippen LogP contribution in [0.5, 0.6) is 0 Å². The highest BCUT2D eigenvalue weighted by Gasteiger charge is 2.29. The van der Waals surface area contributed by atoms with E-state index in [1.54, 1.807) is 6.20 Å². The number of piperazine rings is 1. The van der Waals surface area contributed by atoms with Crippen molar-refractivity contribution in [1.29, 1.82) is 0 Å². The van der Waals surface area contributed by atoms with Crippen molar-refractivity contribution in [1.82, 2.24) is 29.1 Å². The number of hydrogen-bond acceptors (Lipinski definition) is 6. The minimum Gasteiger partial charge on any atom is -0.324 e. The largest absolute Gasteiger partial charge is 0.324 e. The van der Waals surface area contributed by atoms with E-state index < -0.39 is 0 Å². The fourth-order valence-corrected chi connectivity index (χ4v) is 4.87. The van der Waals surface area contributed by atoms with Crippen molar-refractivity contribution in [3.05, 3.63) is 58.6 Å². The van der Waals surface area contributed by atoms with Gasteiger partial charge in [0.2, 0.25) is 5.91 Å². The highest BCUT2D eigenvalue weighted by atomic mass is 32.1. The number of anilines is 1. The van der Waals surface area contributed by atoms with Crippen molar-refractivity contribution in [2.24, 2.45) is 0 Å². The van der Waals surface area contributed by atoms with E-state index in [4.69, 9.17) is 17.3 Å². The number of nitrogens with zero attached hydrogens (tertiary/aromatic N) is 6. The number of carbonyl (C=O) groups excluding carboxylic acids is 1. The molecule has 1 saturated carbocycles. The zero-order valence-corrected chi connectivity index (χ0v) is 20.6. The van der Waals surface area contributed by atoms with Gasteiger partial charge in [0.25, 0.3) is 0 Å². The number of benzene rings is 1. The van der Waals surface area contributed by atoms with Gasteiger partial charge < -0.3 is 5.32 Å². The first-order chi connectivity index (χ1) is 16.5. The smallest absolute Gasteiger partial charge is 0.238 e. The van der Waals surface area contributed by atoms with Crippen molar-refractivity contribution < 1.29 is 4.79 Å². The van der Waals surface area contributed by atoms with Gasteiger partial charge >= 0.3 is 0 Å². The van der Waals surface area contributed by atoms with E-state index in [2.05, 4.69) is 24.7 Å². The maximum atomic E-state index is 12.6. The zero-order valence-electron chi connectivity index (χ0n) is 19.8. The molecule has 0 unspecified atom stereocenters. The number of aryl methyl sites for hydroxylation is 2. The van der Waals surface area contributed by atoms with Gasteiger partial charge in [-0.05, 0) is 62.2 Å². The molecule has 0 atom stereocenters. The van der Waals surface area contributed by atoms with Crippen molar-refractivity contribution in [3.63, 3.8) is 0 Å². The summed E-state index contributed by atoms with van der Waals surface area (Å²) in [5, 5.41) is 7.98. The molecule has 1 aliphatic carbocycles. The molecule has 2 aliphatic rings. The van der Waals surface area contributed by atoms with Crippen LogP contribution in [0.2, 0.25) is 0 Å². The molecule has 178 valence electrons. The lowest BCUT2D eigenvalue weighted by Gasteiger charge is -2.34. The van der Waals surface area contributed by atoms with Crippen LogP contribution < -0.4 is 5.32 Å². The average molecular weight is 478 g/mol. The van der Waals surface area contributed by atoms with E-state index in [0.717, 1.165) is 72.0 Å². The Hall–Kier alpha value is -2.88. The number of pyridine rings is 1. The number of para-hydroxylation sites is 1. The Labute approximate surface area is 205 Å². The van der Waals surface area contributed by atoms with Crippen molar-refractivity contribution in [3.8, 4) is 11.4 Å². The van der Waals surface area contributed by atoms with Gasteiger partial charge in [-0.1, -0.05) is 18.2 Å². The summed E-state index contributed by atoms with van der Waals surface area (Å²) in [4.78, 5) is 21.5. The van der Waals surface area contributed by atoms with E-state index in [-0.39, 0.29) is 5.91 Å². The number of amides is 1. The SMILES string of the molecule is Cc1cccc(C)c1NC(=O)CN1CCN(Cn2nc(-c3cccnc3)n(C3CC3)c2=S)CC1. The highest BCUT2D eigenvalue weighted by molar-refractivity contribution is 7.71. The maximum absolute atomic E-state index is 12.6. The second kappa shape index (κ2) is 9.77. The van der Waals surface area contributed by atoms with Crippen molar-refractivity contribution >= 4 is 23.8 Å². The number of aromatic nitrogens is 4. The maximum Gasteiger partial charge on any atom is 0.238 e. The summed E-state index contributed by atoms with van der Waals surface area (Å²) in [6.07, 6.45) is 5.92. The van der Waals surface area contributed by atoms with Crippen LogP contribution >= 0.6 is 12.2 Å². The topological polar surface area (TPSA) is 71.2 Å². The van der Waals surface area contributed by atoms with Gasteiger partial charge in [0.15, 0.2) is 10.6 Å². The van der Waals surface area contributed by atoms with Gasteiger partial charge in [0.1, 0.15) is 0 Å². The zero-order chi connectivity index (χ0) is 23.7. The standard InChI is InChI=1S/C25H31N7OS/c1-18-5-3-6-19(2)23(18)27-22(33)16-29-11-13-30(14-12-29)17-31-25(34)32(21-8-9-21)24(28-31)20-7-4-10-26-15-20/h3-7,10,15,21H,8-9,11-14,16-17H2,1-2H3,(H,27,33). The highest BCUT2D eigenvalue weighted by Crippen LogP contribution is 2.38. The Kier molecular flexibility index (Phi) is 6.58. The van der Waals surface area contributed by atoms with E-state index in [1.807, 2.05) is 55.1 Å². The van der Waals surface area contributed by atoms with Crippen LogP contribution in [0.1, 0.15) is 30.0 Å². The van der Waals surface area contributed by atoms with Gasteiger partial charge in [-0.25, -0.2) is 4.68 Å². The van der Waals surface area contributed by atoms with Gasteiger partial charge in [0.05, 0.1) is 13.2 Å². The summed E-state index contributed by atoms with van der Waals surface area (Å²) < 4.78 is 4.91. The molecule has 5 rings (SSSR count). The minimum absolute atomic E-state index is 0.0392. The lowest BCUT2D eigenvalue weighted by Crippen LogP contribution is -2.49. The van der Waals surface area contributed by atoms with Crippen LogP contribution in [-0.2, 0) is 11.5 Å². The number of rotatable bonds is 7. The van der Waals surface area contributed by atoms with Gasteiger partial charge in [-0.15, -0.1) is 0 Å². The third-order valence-electron chi connectivity index (χ3n) is 6.61. The summed E-state index contributed by atoms with van der Waals surface area (Å²) in [7, 11) is 0. The lowest BCUT2D eigenvalue weighted by molar-refractivity contribution is -0.117. The fourth-order valence-electron chi connectivity index (χ4n) is 4.54. The van der Waals surface area contributed by atoms with E-state index in [1.165, 1.54) is 0 Å². The predicted octanol–water partition coefficient (Wildman–Crippen LogP) is 3.64. The molecule has 3 aromatic rings. The monoisotopic (exact) mass is 477 g/mol. The summed E-state index contributed by atoms with van der Waals surface area (Å²) in [6, 6.07) is 10.5. The quantitative estimate of drug-likeness (QED) is 0.524. The van der Waals surface area contributed by atoms with E-state index in [0.29, 0.717) is 19.3 Å². The number of hydrogen-bond donors (Lipinski definition) is 1. The van der Waals surface area contributed by atoms with Crippen molar-refractivity contribution in [2.75, 3.05) is 38.0 Å². The molecule has 1 N–H and O–H groups in total. The number of carbonyl (C=O) groups is 1. The molecular formula is C25H31N7OS. The third kappa shape index (κ3) is 4.96. The van der Waals surface area contributed by atoms with Crippen LogP contribution in [0.15, 0.2) is 42.7 Å². The minimum atomic E-state index is 0.0392. The van der Waals surface area contributed by atoms with Gasteiger partial charge in [0, 0.05) is 55.9 Å². The van der Waals surface area contributed by atoms with Crippen LogP contribution in [-0.4, -0.2) is 67.8 Å². The second-order valence-corrected chi connectivity index (χ2v) is 9.66. The Balaban J connectivity index is 1.19. The Morgan fingerprint density at radius 2 is 1.76 bits per heavy atom. The van der Waals surface area contributed by atoms with E-state index >= 15 is 0 Å². The molecule has 0 spiro atoms. The molecule has 1 aliphatic heterocycles. The molecule has 2 aromatic heterocycles. The molecule has 1 amide bonds. The molecule has 3 heterocycles. The second-order valence-electron chi connectivity index (χ2n) is 9.30. The van der Waals surface area contributed by atoms with Crippen LogP contribution in [0.25, 0.3) is 11.4 Å². The average Bonchev–Trinajstić information content (AvgIpc) is 3.62. The summed E-state index contributed by atoms with van der Waals surface area (Å²) >= 11 is 5.81. The summed E-state index contributed by atoms with van der Waals surface area (Å²) in [5.74, 6) is 0.944. The first-order valence-electron chi connectivity index (χ1n) is 11.9. The first-order valence-corrected chi connectivity index (χ1v) is 12.3. The Morgan fingerprint density at radius 1 is 1.06 bits per heavy atom. The third-order valence-corrected chi connectivity index (χ3v) is 7.02.